The van der Waals surface area contributed by atoms with Gasteiger partial charge >= 0.3 is 11.2 Å². The molecule has 0 amide bonds. The van der Waals surface area contributed by atoms with Crippen LogP contribution < -0.4 is 11.2 Å². The van der Waals surface area contributed by atoms with Gasteiger partial charge in [0.15, 0.2) is 0 Å². The summed E-state index contributed by atoms with van der Waals surface area (Å²) in [5.41, 5.74) is 3.22. The van der Waals surface area contributed by atoms with Crippen LogP contribution in [-0.4, -0.2) is 20.9 Å². The van der Waals surface area contributed by atoms with Crippen molar-refractivity contribution < 1.29 is 0 Å². The zero-order valence-corrected chi connectivity index (χ0v) is 16.0. The Kier molecular flexibility index (Phi) is 4.13. The van der Waals surface area contributed by atoms with Gasteiger partial charge in [-0.1, -0.05) is 37.1 Å². The summed E-state index contributed by atoms with van der Waals surface area (Å²) in [4.78, 5) is 31.3. The molecule has 0 bridgehead atoms. The maximum atomic E-state index is 12.9. The van der Waals surface area contributed by atoms with Crippen LogP contribution in [-0.2, 0) is 0 Å². The van der Waals surface area contributed by atoms with E-state index in [1.165, 1.54) is 5.57 Å². The standard InChI is InChI=1S/C21H24N4O2/c1-11-5-6-17-15(9-11)18-19(23-17)20(26)25(21(27)24-18)22-10-16-13(3)7-12(2)8-14(16)4/h5-7,9-10,13-14,16,23H,8H2,1-4H3,(H,24,27)/b22-10-/t13-,14-,16+/m0/s1. The van der Waals surface area contributed by atoms with Gasteiger partial charge in [-0.05, 0) is 44.2 Å². The SMILES string of the molecule is CC1=C[C@H](C)[C@@H](/C=N\n2c(=O)[nH]c3c([nH]c4ccc(C)cc43)c2=O)[C@@H](C)C1. The van der Waals surface area contributed by atoms with E-state index >= 15 is 0 Å². The van der Waals surface area contributed by atoms with E-state index in [2.05, 4.69) is 41.9 Å². The van der Waals surface area contributed by atoms with Gasteiger partial charge in [0, 0.05) is 23.0 Å². The quantitative estimate of drug-likeness (QED) is 0.538. The van der Waals surface area contributed by atoms with Crippen molar-refractivity contribution in [2.45, 2.75) is 34.1 Å². The second kappa shape index (κ2) is 6.37. The van der Waals surface area contributed by atoms with Crippen molar-refractivity contribution in [3.8, 4) is 0 Å². The number of rotatable bonds is 2. The highest BCUT2D eigenvalue weighted by Gasteiger charge is 2.25. The number of hydrogen-bond acceptors (Lipinski definition) is 3. The first-order valence-corrected chi connectivity index (χ1v) is 9.34. The number of allylic oxidation sites excluding steroid dienone is 2. The van der Waals surface area contributed by atoms with Gasteiger partial charge in [0.1, 0.15) is 5.52 Å². The van der Waals surface area contributed by atoms with Crippen molar-refractivity contribution in [3.63, 3.8) is 0 Å². The van der Waals surface area contributed by atoms with Crippen LogP contribution in [0.3, 0.4) is 0 Å². The van der Waals surface area contributed by atoms with Crippen LogP contribution in [0.5, 0.6) is 0 Å². The summed E-state index contributed by atoms with van der Waals surface area (Å²) in [7, 11) is 0. The van der Waals surface area contributed by atoms with E-state index in [0.717, 1.165) is 27.6 Å². The van der Waals surface area contributed by atoms with Gasteiger partial charge < -0.3 is 9.97 Å². The average molecular weight is 364 g/mol. The molecular weight excluding hydrogens is 340 g/mol. The van der Waals surface area contributed by atoms with E-state index in [1.807, 2.05) is 25.1 Å². The number of aryl methyl sites for hydroxylation is 1. The number of H-pyrrole nitrogens is 2. The molecule has 0 unspecified atom stereocenters. The van der Waals surface area contributed by atoms with E-state index in [-0.39, 0.29) is 5.92 Å². The Labute approximate surface area is 156 Å². The molecule has 3 atom stereocenters. The van der Waals surface area contributed by atoms with E-state index in [4.69, 9.17) is 0 Å². The van der Waals surface area contributed by atoms with Gasteiger partial charge in [-0.25, -0.2) is 4.79 Å². The van der Waals surface area contributed by atoms with Crippen molar-refractivity contribution in [3.05, 3.63) is 56.2 Å². The molecule has 27 heavy (non-hydrogen) atoms. The average Bonchev–Trinajstić information content (AvgIpc) is 2.94. The molecule has 1 aliphatic rings. The van der Waals surface area contributed by atoms with Crippen LogP contribution in [0.25, 0.3) is 21.9 Å². The predicted octanol–water partition coefficient (Wildman–Crippen LogP) is 3.55. The smallest absolute Gasteiger partial charge is 0.349 e. The molecule has 140 valence electrons. The van der Waals surface area contributed by atoms with Gasteiger partial charge in [0.05, 0.1) is 5.52 Å². The second-order valence-electron chi connectivity index (χ2n) is 7.87. The Morgan fingerprint density at radius 2 is 1.93 bits per heavy atom. The lowest BCUT2D eigenvalue weighted by Crippen LogP contribution is -2.33. The van der Waals surface area contributed by atoms with Crippen LogP contribution in [0, 0.1) is 24.7 Å². The first kappa shape index (κ1) is 17.5. The predicted molar refractivity (Wildman–Crippen MR) is 110 cm³/mol. The van der Waals surface area contributed by atoms with Gasteiger partial charge in [0.2, 0.25) is 0 Å². The molecule has 0 saturated heterocycles. The summed E-state index contributed by atoms with van der Waals surface area (Å²) in [5.74, 6) is 0.941. The summed E-state index contributed by atoms with van der Waals surface area (Å²) in [6.45, 7) is 8.44. The third-order valence-corrected chi connectivity index (χ3v) is 5.59. The molecule has 0 saturated carbocycles. The van der Waals surface area contributed by atoms with Gasteiger partial charge in [0.25, 0.3) is 0 Å². The Morgan fingerprint density at radius 1 is 1.15 bits per heavy atom. The highest BCUT2D eigenvalue weighted by molar-refractivity contribution is 6.04. The van der Waals surface area contributed by atoms with Crippen LogP contribution in [0.15, 0.2) is 44.5 Å². The Bertz CT molecular complexity index is 1210. The molecule has 2 N–H and O–H groups in total. The van der Waals surface area contributed by atoms with Crippen molar-refractivity contribution in [2.24, 2.45) is 22.9 Å². The second-order valence-corrected chi connectivity index (χ2v) is 7.87. The minimum atomic E-state index is -0.519. The molecule has 6 nitrogen and oxygen atoms in total. The molecule has 1 aromatic carbocycles. The van der Waals surface area contributed by atoms with Crippen molar-refractivity contribution in [2.75, 3.05) is 0 Å². The van der Waals surface area contributed by atoms with Crippen molar-refractivity contribution >= 4 is 28.2 Å². The molecule has 6 heteroatoms. The topological polar surface area (TPSA) is 83.0 Å². The summed E-state index contributed by atoms with van der Waals surface area (Å²) in [6, 6.07) is 5.83. The molecule has 4 rings (SSSR count). The van der Waals surface area contributed by atoms with Gasteiger partial charge in [-0.2, -0.15) is 5.10 Å². The lowest BCUT2D eigenvalue weighted by molar-refractivity contribution is 0.361. The fourth-order valence-corrected chi connectivity index (χ4v) is 4.28. The van der Waals surface area contributed by atoms with Crippen LogP contribution >= 0.6 is 0 Å². The van der Waals surface area contributed by atoms with Crippen LogP contribution in [0.2, 0.25) is 0 Å². The Morgan fingerprint density at radius 3 is 2.67 bits per heavy atom. The van der Waals surface area contributed by atoms with E-state index < -0.39 is 11.2 Å². The Balaban J connectivity index is 1.82. The fourth-order valence-electron chi connectivity index (χ4n) is 4.28. The molecular formula is C21H24N4O2. The highest BCUT2D eigenvalue weighted by atomic mass is 16.2. The van der Waals surface area contributed by atoms with Crippen molar-refractivity contribution in [1.82, 2.24) is 14.6 Å². The zero-order valence-electron chi connectivity index (χ0n) is 16.0. The molecule has 3 aromatic rings. The zero-order chi connectivity index (χ0) is 19.3. The Hall–Kier alpha value is -2.89. The van der Waals surface area contributed by atoms with Crippen molar-refractivity contribution in [1.29, 1.82) is 0 Å². The molecule has 1 aliphatic carbocycles. The number of hydrogen-bond donors (Lipinski definition) is 2. The monoisotopic (exact) mass is 364 g/mol. The molecule has 0 radical (unpaired) electrons. The van der Waals surface area contributed by atoms with Gasteiger partial charge in [-0.3, -0.25) is 4.79 Å². The number of nitrogens with zero attached hydrogens (tertiary/aromatic N) is 2. The highest BCUT2D eigenvalue weighted by Crippen LogP contribution is 2.32. The number of fused-ring (bicyclic) bond motifs is 3. The number of aromatic amines is 2. The fraction of sp³-hybridized carbons (Fsp3) is 0.381. The summed E-state index contributed by atoms with van der Waals surface area (Å²) in [5, 5.41) is 5.12. The lowest BCUT2D eigenvalue weighted by atomic mass is 9.76. The van der Waals surface area contributed by atoms with E-state index in [9.17, 15) is 9.59 Å². The first-order valence-electron chi connectivity index (χ1n) is 9.34. The molecule has 0 fully saturated rings. The van der Waals surface area contributed by atoms with Crippen LogP contribution in [0.4, 0.5) is 0 Å². The van der Waals surface area contributed by atoms with Gasteiger partial charge in [-0.15, -0.1) is 4.68 Å². The summed E-state index contributed by atoms with van der Waals surface area (Å²) in [6.07, 6.45) is 5.01. The normalized spacial score (nSPS) is 23.4. The molecule has 2 aromatic heterocycles. The molecule has 2 heterocycles. The maximum absolute atomic E-state index is 12.9. The molecule has 0 aliphatic heterocycles. The minimum absolute atomic E-state index is 0.195. The molecule has 0 spiro atoms. The first-order chi connectivity index (χ1) is 12.8. The summed E-state index contributed by atoms with van der Waals surface area (Å²) < 4.78 is 0.926. The van der Waals surface area contributed by atoms with E-state index in [0.29, 0.717) is 22.9 Å². The third kappa shape index (κ3) is 2.95. The lowest BCUT2D eigenvalue weighted by Gasteiger charge is -2.29. The third-order valence-electron chi connectivity index (χ3n) is 5.59. The number of benzene rings is 1. The maximum Gasteiger partial charge on any atom is 0.350 e. The van der Waals surface area contributed by atoms with Crippen LogP contribution in [0.1, 0.15) is 32.8 Å². The van der Waals surface area contributed by atoms with E-state index in [1.54, 1.807) is 6.21 Å². The summed E-state index contributed by atoms with van der Waals surface area (Å²) >= 11 is 0. The number of nitrogens with one attached hydrogen (secondary N) is 2. The number of aromatic nitrogens is 3. The minimum Gasteiger partial charge on any atom is -0.349 e. The largest absolute Gasteiger partial charge is 0.350 e.